The van der Waals surface area contributed by atoms with Gasteiger partial charge in [0, 0.05) is 12.2 Å². The minimum Gasteiger partial charge on any atom is -0.383 e. The largest absolute Gasteiger partial charge is 0.383 e. The molecule has 2 aromatic rings. The van der Waals surface area contributed by atoms with Gasteiger partial charge in [0.2, 0.25) is 0 Å². The third-order valence-electron chi connectivity index (χ3n) is 2.82. The predicted octanol–water partition coefficient (Wildman–Crippen LogP) is 2.62. The monoisotopic (exact) mass is 283 g/mol. The molecule has 7 nitrogen and oxygen atoms in total. The normalized spacial score (nSPS) is 9.86. The van der Waals surface area contributed by atoms with Crippen LogP contribution in [0.3, 0.4) is 0 Å². The van der Waals surface area contributed by atoms with Crippen LogP contribution in [0.5, 0.6) is 0 Å². The first-order valence-corrected chi connectivity index (χ1v) is 6.23. The van der Waals surface area contributed by atoms with Crippen LogP contribution in [0.25, 0.3) is 0 Å². The number of nitro groups is 1. The standard InChI is InChI=1S/C14H13N5O2/c15-7-4-8-18(11-5-2-1-3-6-11)14-10-12(19(20)21)9-13(16)17-14/h1-3,5-6,9-10H,4,8H2,(H2,16,17). The second-order valence-electron chi connectivity index (χ2n) is 4.26. The lowest BCUT2D eigenvalue weighted by atomic mass is 10.2. The molecule has 7 heteroatoms. The smallest absolute Gasteiger partial charge is 0.276 e. The molecule has 106 valence electrons. The number of hydrogen-bond acceptors (Lipinski definition) is 6. The van der Waals surface area contributed by atoms with Crippen LogP contribution >= 0.6 is 0 Å². The summed E-state index contributed by atoms with van der Waals surface area (Å²) in [6.07, 6.45) is 0.263. The predicted molar refractivity (Wildman–Crippen MR) is 79.0 cm³/mol. The van der Waals surface area contributed by atoms with Crippen LogP contribution in [-0.2, 0) is 0 Å². The molecular formula is C14H13N5O2. The van der Waals surface area contributed by atoms with Gasteiger partial charge in [-0.05, 0) is 12.1 Å². The van der Waals surface area contributed by atoms with Crippen LogP contribution in [-0.4, -0.2) is 16.5 Å². The lowest BCUT2D eigenvalue weighted by Crippen LogP contribution is -2.19. The summed E-state index contributed by atoms with van der Waals surface area (Å²) in [5, 5.41) is 19.7. The van der Waals surface area contributed by atoms with Crippen LogP contribution in [0.1, 0.15) is 6.42 Å². The molecule has 2 N–H and O–H groups in total. The van der Waals surface area contributed by atoms with Gasteiger partial charge < -0.3 is 10.6 Å². The van der Waals surface area contributed by atoms with Gasteiger partial charge in [-0.2, -0.15) is 5.26 Å². The van der Waals surface area contributed by atoms with E-state index < -0.39 is 4.92 Å². The summed E-state index contributed by atoms with van der Waals surface area (Å²) in [4.78, 5) is 16.3. The molecule has 0 aliphatic heterocycles. The van der Waals surface area contributed by atoms with Gasteiger partial charge in [-0.25, -0.2) is 4.98 Å². The quantitative estimate of drug-likeness (QED) is 0.667. The summed E-state index contributed by atoms with van der Waals surface area (Å²) in [5.41, 5.74) is 6.30. The molecule has 0 unspecified atom stereocenters. The summed E-state index contributed by atoms with van der Waals surface area (Å²) < 4.78 is 0. The Morgan fingerprint density at radius 1 is 1.33 bits per heavy atom. The fourth-order valence-corrected chi connectivity index (χ4v) is 1.91. The Kier molecular flexibility index (Phi) is 4.31. The minimum absolute atomic E-state index is 0.0667. The van der Waals surface area contributed by atoms with E-state index in [4.69, 9.17) is 11.0 Å². The molecule has 0 amide bonds. The molecule has 21 heavy (non-hydrogen) atoms. The number of nitriles is 1. The highest BCUT2D eigenvalue weighted by Crippen LogP contribution is 2.28. The van der Waals surface area contributed by atoms with E-state index in [1.54, 1.807) is 4.90 Å². The highest BCUT2D eigenvalue weighted by atomic mass is 16.6. The van der Waals surface area contributed by atoms with Crippen LogP contribution in [0.15, 0.2) is 42.5 Å². The van der Waals surface area contributed by atoms with E-state index in [1.807, 2.05) is 30.3 Å². The summed E-state index contributed by atoms with van der Waals surface area (Å²) in [7, 11) is 0. The second-order valence-corrected chi connectivity index (χ2v) is 4.26. The average Bonchev–Trinajstić information content (AvgIpc) is 2.48. The molecule has 0 saturated heterocycles. The Labute approximate surface area is 121 Å². The van der Waals surface area contributed by atoms with Crippen molar-refractivity contribution in [2.75, 3.05) is 17.2 Å². The molecule has 1 aromatic heterocycles. The summed E-state index contributed by atoms with van der Waals surface area (Å²) in [6.45, 7) is 0.369. The van der Waals surface area contributed by atoms with Crippen LogP contribution in [0, 0.1) is 21.4 Å². The number of pyridine rings is 1. The fourth-order valence-electron chi connectivity index (χ4n) is 1.91. The lowest BCUT2D eigenvalue weighted by molar-refractivity contribution is -0.384. The van der Waals surface area contributed by atoms with Gasteiger partial charge in [0.05, 0.1) is 29.5 Å². The van der Waals surface area contributed by atoms with Crippen molar-refractivity contribution in [3.05, 3.63) is 52.6 Å². The van der Waals surface area contributed by atoms with Crippen molar-refractivity contribution in [3.8, 4) is 6.07 Å². The first-order valence-electron chi connectivity index (χ1n) is 6.23. The molecule has 0 bridgehead atoms. The van der Waals surface area contributed by atoms with Crippen molar-refractivity contribution in [1.82, 2.24) is 4.98 Å². The van der Waals surface area contributed by atoms with Crippen LogP contribution in [0.2, 0.25) is 0 Å². The van der Waals surface area contributed by atoms with Crippen molar-refractivity contribution >= 4 is 23.0 Å². The molecular weight excluding hydrogens is 270 g/mol. The number of para-hydroxylation sites is 1. The Hall–Kier alpha value is -3.14. The zero-order valence-corrected chi connectivity index (χ0v) is 11.1. The van der Waals surface area contributed by atoms with Crippen molar-refractivity contribution in [2.24, 2.45) is 0 Å². The van der Waals surface area contributed by atoms with E-state index in [1.165, 1.54) is 12.1 Å². The maximum absolute atomic E-state index is 10.9. The first-order chi connectivity index (χ1) is 10.1. The second kappa shape index (κ2) is 6.34. The van der Waals surface area contributed by atoms with E-state index in [0.29, 0.717) is 12.4 Å². The zero-order valence-electron chi connectivity index (χ0n) is 11.1. The molecule has 0 saturated carbocycles. The van der Waals surface area contributed by atoms with E-state index in [0.717, 1.165) is 5.69 Å². The van der Waals surface area contributed by atoms with Crippen LogP contribution in [0.4, 0.5) is 23.0 Å². The molecule has 0 aliphatic rings. The minimum atomic E-state index is -0.519. The van der Waals surface area contributed by atoms with E-state index >= 15 is 0 Å². The Bertz CT molecular complexity index is 682. The lowest BCUT2D eigenvalue weighted by Gasteiger charge is -2.22. The SMILES string of the molecule is N#CCCN(c1ccccc1)c1cc([N+](=O)[O-])cc(N)n1. The number of benzene rings is 1. The number of nitrogens with two attached hydrogens (primary N) is 1. The van der Waals surface area contributed by atoms with E-state index in [2.05, 4.69) is 11.1 Å². The third-order valence-corrected chi connectivity index (χ3v) is 2.82. The zero-order chi connectivity index (χ0) is 15.2. The molecule has 1 aromatic carbocycles. The summed E-state index contributed by atoms with van der Waals surface area (Å²) in [6, 6.07) is 13.8. The highest BCUT2D eigenvalue weighted by molar-refractivity contribution is 5.64. The number of hydrogen-bond donors (Lipinski definition) is 1. The fraction of sp³-hybridized carbons (Fsp3) is 0.143. The molecule has 0 aliphatic carbocycles. The number of anilines is 3. The molecule has 0 spiro atoms. The van der Waals surface area contributed by atoms with E-state index in [9.17, 15) is 10.1 Å². The van der Waals surface area contributed by atoms with E-state index in [-0.39, 0.29) is 17.9 Å². The average molecular weight is 283 g/mol. The molecule has 0 radical (unpaired) electrons. The maximum atomic E-state index is 10.9. The van der Waals surface area contributed by atoms with Crippen molar-refractivity contribution in [2.45, 2.75) is 6.42 Å². The van der Waals surface area contributed by atoms with Gasteiger partial charge in [-0.3, -0.25) is 10.1 Å². The molecule has 2 rings (SSSR count). The number of nitrogen functional groups attached to an aromatic ring is 1. The molecule has 1 heterocycles. The Morgan fingerprint density at radius 2 is 2.05 bits per heavy atom. The number of rotatable bonds is 5. The van der Waals surface area contributed by atoms with Gasteiger partial charge >= 0.3 is 0 Å². The highest BCUT2D eigenvalue weighted by Gasteiger charge is 2.16. The van der Waals surface area contributed by atoms with Gasteiger partial charge in [0.1, 0.15) is 11.6 Å². The Balaban J connectivity index is 2.46. The maximum Gasteiger partial charge on any atom is 0.276 e. The van der Waals surface area contributed by atoms with Gasteiger partial charge in [-0.15, -0.1) is 0 Å². The third kappa shape index (κ3) is 3.45. The number of aromatic nitrogens is 1. The van der Waals surface area contributed by atoms with Gasteiger partial charge in [0.15, 0.2) is 0 Å². The topological polar surface area (TPSA) is 109 Å². The first kappa shape index (κ1) is 14.3. The van der Waals surface area contributed by atoms with Gasteiger partial charge in [-0.1, -0.05) is 18.2 Å². The van der Waals surface area contributed by atoms with Crippen molar-refractivity contribution < 1.29 is 4.92 Å². The Morgan fingerprint density at radius 3 is 2.67 bits per heavy atom. The molecule has 0 atom stereocenters. The molecule has 0 fully saturated rings. The van der Waals surface area contributed by atoms with Gasteiger partial charge in [0.25, 0.3) is 5.69 Å². The van der Waals surface area contributed by atoms with Crippen molar-refractivity contribution in [1.29, 1.82) is 5.26 Å². The summed E-state index contributed by atoms with van der Waals surface area (Å²) in [5.74, 6) is 0.417. The summed E-state index contributed by atoms with van der Waals surface area (Å²) >= 11 is 0. The van der Waals surface area contributed by atoms with Crippen molar-refractivity contribution in [3.63, 3.8) is 0 Å². The van der Waals surface area contributed by atoms with Crippen LogP contribution < -0.4 is 10.6 Å². The number of nitrogens with zero attached hydrogens (tertiary/aromatic N) is 4.